The normalized spacial score (nSPS) is 24.1. The molecule has 0 amide bonds. The SMILES string of the molecule is CCCC1CCCC(NCc2ccc(Br)cc2)CC1. The molecular formula is C17H26BrN. The molecule has 1 fully saturated rings. The minimum Gasteiger partial charge on any atom is -0.310 e. The van der Waals surface area contributed by atoms with Crippen LogP contribution in [0.3, 0.4) is 0 Å². The molecule has 2 heteroatoms. The summed E-state index contributed by atoms with van der Waals surface area (Å²) in [6.45, 7) is 3.32. The number of nitrogens with one attached hydrogen (secondary N) is 1. The van der Waals surface area contributed by atoms with Gasteiger partial charge in [-0.15, -0.1) is 0 Å². The van der Waals surface area contributed by atoms with Crippen LogP contribution >= 0.6 is 15.9 Å². The van der Waals surface area contributed by atoms with E-state index in [2.05, 4.69) is 52.4 Å². The highest BCUT2D eigenvalue weighted by Gasteiger charge is 2.17. The Morgan fingerprint density at radius 2 is 1.89 bits per heavy atom. The zero-order chi connectivity index (χ0) is 13.5. The Kier molecular flexibility index (Phi) is 6.39. The molecule has 1 N–H and O–H groups in total. The van der Waals surface area contributed by atoms with Crippen LogP contribution < -0.4 is 5.32 Å². The predicted octanol–water partition coefficient (Wildman–Crippen LogP) is 5.29. The Hall–Kier alpha value is -0.340. The standard InChI is InChI=1S/C17H26BrN/c1-2-4-14-5-3-6-17(12-9-14)19-13-15-7-10-16(18)11-8-15/h7-8,10-11,14,17,19H,2-6,9,12-13H2,1H3. The summed E-state index contributed by atoms with van der Waals surface area (Å²) >= 11 is 3.48. The van der Waals surface area contributed by atoms with Crippen LogP contribution in [0.4, 0.5) is 0 Å². The van der Waals surface area contributed by atoms with Crippen molar-refractivity contribution in [3.63, 3.8) is 0 Å². The molecule has 2 rings (SSSR count). The van der Waals surface area contributed by atoms with Gasteiger partial charge in [-0.1, -0.05) is 60.7 Å². The van der Waals surface area contributed by atoms with Gasteiger partial charge in [0.15, 0.2) is 0 Å². The molecular weight excluding hydrogens is 298 g/mol. The van der Waals surface area contributed by atoms with Gasteiger partial charge in [-0.25, -0.2) is 0 Å². The van der Waals surface area contributed by atoms with Crippen molar-refractivity contribution in [1.29, 1.82) is 0 Å². The Bertz CT molecular complexity index is 360. The minimum absolute atomic E-state index is 0.727. The molecule has 1 aromatic rings. The second-order valence-corrected chi connectivity index (χ2v) is 6.78. The number of hydrogen-bond donors (Lipinski definition) is 1. The lowest BCUT2D eigenvalue weighted by Crippen LogP contribution is -2.27. The number of hydrogen-bond acceptors (Lipinski definition) is 1. The third kappa shape index (κ3) is 5.27. The molecule has 0 saturated heterocycles. The maximum atomic E-state index is 3.74. The first-order valence-corrected chi connectivity index (χ1v) is 8.55. The lowest BCUT2D eigenvalue weighted by atomic mass is 9.95. The van der Waals surface area contributed by atoms with Crippen LogP contribution in [0.5, 0.6) is 0 Å². The molecule has 1 saturated carbocycles. The van der Waals surface area contributed by atoms with Gasteiger partial charge in [0.1, 0.15) is 0 Å². The lowest BCUT2D eigenvalue weighted by Gasteiger charge is -2.17. The van der Waals surface area contributed by atoms with E-state index in [-0.39, 0.29) is 0 Å². The van der Waals surface area contributed by atoms with Gasteiger partial charge in [-0.3, -0.25) is 0 Å². The first-order valence-electron chi connectivity index (χ1n) is 7.75. The predicted molar refractivity (Wildman–Crippen MR) is 86.3 cm³/mol. The lowest BCUT2D eigenvalue weighted by molar-refractivity contribution is 0.409. The summed E-state index contributed by atoms with van der Waals surface area (Å²) in [7, 11) is 0. The maximum absolute atomic E-state index is 3.74. The third-order valence-electron chi connectivity index (χ3n) is 4.29. The molecule has 2 unspecified atom stereocenters. The summed E-state index contributed by atoms with van der Waals surface area (Å²) in [5.74, 6) is 0.990. The van der Waals surface area contributed by atoms with E-state index < -0.39 is 0 Å². The first-order chi connectivity index (χ1) is 9.28. The molecule has 0 heterocycles. The Balaban J connectivity index is 1.75. The number of halogens is 1. The van der Waals surface area contributed by atoms with Gasteiger partial charge in [0.25, 0.3) is 0 Å². The van der Waals surface area contributed by atoms with Crippen LogP contribution in [0.15, 0.2) is 28.7 Å². The van der Waals surface area contributed by atoms with E-state index in [1.165, 1.54) is 50.5 Å². The zero-order valence-electron chi connectivity index (χ0n) is 12.0. The van der Waals surface area contributed by atoms with Crippen molar-refractivity contribution in [3.05, 3.63) is 34.3 Å². The third-order valence-corrected chi connectivity index (χ3v) is 4.82. The van der Waals surface area contributed by atoms with E-state index in [4.69, 9.17) is 0 Å². The minimum atomic E-state index is 0.727. The van der Waals surface area contributed by atoms with Crippen LogP contribution in [-0.2, 0) is 6.54 Å². The molecule has 1 aliphatic rings. The van der Waals surface area contributed by atoms with E-state index in [1.54, 1.807) is 0 Å². The van der Waals surface area contributed by atoms with E-state index >= 15 is 0 Å². The van der Waals surface area contributed by atoms with Gasteiger partial charge in [0, 0.05) is 17.1 Å². The quantitative estimate of drug-likeness (QED) is 0.726. The highest BCUT2D eigenvalue weighted by Crippen LogP contribution is 2.26. The second kappa shape index (κ2) is 8.06. The summed E-state index contributed by atoms with van der Waals surface area (Å²) in [6.07, 6.45) is 9.78. The highest BCUT2D eigenvalue weighted by atomic mass is 79.9. The monoisotopic (exact) mass is 323 g/mol. The molecule has 19 heavy (non-hydrogen) atoms. The fourth-order valence-corrected chi connectivity index (χ4v) is 3.41. The Morgan fingerprint density at radius 3 is 2.63 bits per heavy atom. The Morgan fingerprint density at radius 1 is 1.11 bits per heavy atom. The average Bonchev–Trinajstić information content (AvgIpc) is 2.64. The van der Waals surface area contributed by atoms with Gasteiger partial charge in [-0.2, -0.15) is 0 Å². The topological polar surface area (TPSA) is 12.0 Å². The molecule has 106 valence electrons. The van der Waals surface area contributed by atoms with Gasteiger partial charge in [0.05, 0.1) is 0 Å². The molecule has 0 spiro atoms. The van der Waals surface area contributed by atoms with Crippen molar-refractivity contribution in [2.75, 3.05) is 0 Å². The fourth-order valence-electron chi connectivity index (χ4n) is 3.14. The highest BCUT2D eigenvalue weighted by molar-refractivity contribution is 9.10. The summed E-state index contributed by atoms with van der Waals surface area (Å²) < 4.78 is 1.16. The van der Waals surface area contributed by atoms with Crippen molar-refractivity contribution in [2.24, 2.45) is 5.92 Å². The van der Waals surface area contributed by atoms with Gasteiger partial charge in [-0.05, 0) is 42.9 Å². The summed E-state index contributed by atoms with van der Waals surface area (Å²) in [5.41, 5.74) is 1.39. The molecule has 1 nitrogen and oxygen atoms in total. The van der Waals surface area contributed by atoms with Crippen LogP contribution in [-0.4, -0.2) is 6.04 Å². The molecule has 0 bridgehead atoms. The van der Waals surface area contributed by atoms with Gasteiger partial charge < -0.3 is 5.32 Å². The zero-order valence-corrected chi connectivity index (χ0v) is 13.6. The average molecular weight is 324 g/mol. The molecule has 0 aromatic heterocycles. The van der Waals surface area contributed by atoms with Crippen LogP contribution in [0.2, 0.25) is 0 Å². The molecule has 0 aliphatic heterocycles. The van der Waals surface area contributed by atoms with E-state index in [1.807, 2.05) is 0 Å². The smallest absolute Gasteiger partial charge is 0.0208 e. The van der Waals surface area contributed by atoms with Crippen LogP contribution in [0, 0.1) is 5.92 Å². The van der Waals surface area contributed by atoms with Gasteiger partial charge in [0.2, 0.25) is 0 Å². The number of benzene rings is 1. The van der Waals surface area contributed by atoms with Crippen molar-refractivity contribution in [2.45, 2.75) is 64.5 Å². The summed E-state index contributed by atoms with van der Waals surface area (Å²) in [6, 6.07) is 9.38. The fraction of sp³-hybridized carbons (Fsp3) is 0.647. The van der Waals surface area contributed by atoms with Crippen molar-refractivity contribution >= 4 is 15.9 Å². The molecule has 2 atom stereocenters. The largest absolute Gasteiger partial charge is 0.310 e. The van der Waals surface area contributed by atoms with Crippen molar-refractivity contribution < 1.29 is 0 Å². The van der Waals surface area contributed by atoms with E-state index in [9.17, 15) is 0 Å². The second-order valence-electron chi connectivity index (χ2n) is 5.87. The number of rotatable bonds is 5. The van der Waals surface area contributed by atoms with Crippen molar-refractivity contribution in [1.82, 2.24) is 5.32 Å². The van der Waals surface area contributed by atoms with Crippen LogP contribution in [0.25, 0.3) is 0 Å². The summed E-state index contributed by atoms with van der Waals surface area (Å²) in [4.78, 5) is 0. The van der Waals surface area contributed by atoms with Crippen LogP contribution in [0.1, 0.15) is 57.4 Å². The van der Waals surface area contributed by atoms with Crippen molar-refractivity contribution in [3.8, 4) is 0 Å². The van der Waals surface area contributed by atoms with E-state index in [0.717, 1.165) is 23.0 Å². The van der Waals surface area contributed by atoms with E-state index in [0.29, 0.717) is 0 Å². The first kappa shape index (κ1) is 15.1. The van der Waals surface area contributed by atoms with Gasteiger partial charge >= 0.3 is 0 Å². The molecule has 0 radical (unpaired) electrons. The Labute approximate surface area is 126 Å². The molecule has 1 aliphatic carbocycles. The maximum Gasteiger partial charge on any atom is 0.0208 e. The molecule has 1 aromatic carbocycles. The summed E-state index contributed by atoms with van der Waals surface area (Å²) in [5, 5.41) is 3.74.